The number of hydrogen-bond acceptors (Lipinski definition) is 5. The molecule has 6 nitrogen and oxygen atoms in total. The Hall–Kier alpha value is -2.18. The van der Waals surface area contributed by atoms with Crippen LogP contribution in [0.5, 0.6) is 0 Å². The van der Waals surface area contributed by atoms with Gasteiger partial charge in [-0.05, 0) is 32.8 Å². The molecule has 0 aromatic carbocycles. The molecule has 0 spiro atoms. The standard InChI is InChI=1S/C24H33NO5/c1-5-9-11-17-19(14-24(16-30-24)29-8-4)21-13-18(23(27)28-7-3)22(26)15-25(21)20(17)12-10-6-2/h5,9,11-12,18H,6-8,10,13-16H2,1-4H3/b9-5-,17-11-,20-12-. The Morgan fingerprint density at radius 2 is 2.07 bits per heavy atom. The molecule has 0 amide bonds. The van der Waals surface area contributed by atoms with Crippen molar-refractivity contribution in [3.8, 4) is 0 Å². The Morgan fingerprint density at radius 3 is 2.67 bits per heavy atom. The number of Topliss-reactive ketones (excluding diaryl/α,β-unsaturated/α-hetero) is 1. The van der Waals surface area contributed by atoms with Crippen LogP contribution in [0.2, 0.25) is 0 Å². The van der Waals surface area contributed by atoms with E-state index in [-0.39, 0.29) is 18.9 Å². The molecule has 3 rings (SSSR count). The van der Waals surface area contributed by atoms with E-state index in [4.69, 9.17) is 14.2 Å². The van der Waals surface area contributed by atoms with Crippen LogP contribution in [0.4, 0.5) is 0 Å². The van der Waals surface area contributed by atoms with Crippen molar-refractivity contribution < 1.29 is 23.8 Å². The van der Waals surface area contributed by atoms with Gasteiger partial charge in [0.25, 0.3) is 0 Å². The summed E-state index contributed by atoms with van der Waals surface area (Å²) in [6.07, 6.45) is 11.2. The van der Waals surface area contributed by atoms with Crippen molar-refractivity contribution >= 4 is 23.9 Å². The molecule has 1 saturated heterocycles. The zero-order chi connectivity index (χ0) is 21.7. The van der Waals surface area contributed by atoms with E-state index in [1.54, 1.807) is 6.92 Å². The van der Waals surface area contributed by atoms with Gasteiger partial charge in [0, 0.05) is 35.7 Å². The fraction of sp³-hybridized carbons (Fsp3) is 0.583. The molecule has 30 heavy (non-hydrogen) atoms. The lowest BCUT2D eigenvalue weighted by atomic mass is 9.91. The number of hydrogen-bond donors (Lipinski definition) is 0. The van der Waals surface area contributed by atoms with E-state index in [0.717, 1.165) is 34.7 Å². The molecule has 2 unspecified atom stereocenters. The predicted molar refractivity (Wildman–Crippen MR) is 115 cm³/mol. The molecule has 3 heterocycles. The first-order valence-electron chi connectivity index (χ1n) is 11.0. The van der Waals surface area contributed by atoms with Crippen LogP contribution in [0.1, 0.15) is 51.8 Å². The molecule has 2 aliphatic heterocycles. The molecule has 0 bridgehead atoms. The Labute approximate surface area is 178 Å². The minimum Gasteiger partial charge on any atom is -0.465 e. The fourth-order valence-corrected chi connectivity index (χ4v) is 4.13. The van der Waals surface area contributed by atoms with Gasteiger partial charge >= 0.3 is 5.97 Å². The van der Waals surface area contributed by atoms with Gasteiger partial charge in [-0.1, -0.05) is 37.6 Å². The topological polar surface area (TPSA) is 70.1 Å². The van der Waals surface area contributed by atoms with Crippen LogP contribution in [0.15, 0.2) is 12.2 Å². The highest BCUT2D eigenvalue weighted by Crippen LogP contribution is 2.33. The van der Waals surface area contributed by atoms with E-state index in [1.807, 2.05) is 26.0 Å². The van der Waals surface area contributed by atoms with Crippen LogP contribution >= 0.6 is 0 Å². The molecular weight excluding hydrogens is 382 g/mol. The number of ketones is 1. The van der Waals surface area contributed by atoms with E-state index in [0.29, 0.717) is 26.1 Å². The van der Waals surface area contributed by atoms with Crippen molar-refractivity contribution in [1.29, 1.82) is 0 Å². The van der Waals surface area contributed by atoms with Crippen molar-refractivity contribution in [2.45, 2.75) is 65.7 Å². The highest BCUT2D eigenvalue weighted by molar-refractivity contribution is 6.00. The van der Waals surface area contributed by atoms with Crippen molar-refractivity contribution in [3.63, 3.8) is 0 Å². The Kier molecular flexibility index (Phi) is 7.32. The molecule has 1 aromatic heterocycles. The Morgan fingerprint density at radius 1 is 1.30 bits per heavy atom. The number of carbonyl (C=O) groups excluding carboxylic acids is 2. The molecule has 164 valence electrons. The molecule has 0 radical (unpaired) electrons. The Balaban J connectivity index is 2.17. The molecule has 2 atom stereocenters. The van der Waals surface area contributed by atoms with Gasteiger partial charge in [-0.15, -0.1) is 0 Å². The van der Waals surface area contributed by atoms with Gasteiger partial charge in [0.15, 0.2) is 11.6 Å². The minimum atomic E-state index is -0.747. The lowest BCUT2D eigenvalue weighted by molar-refractivity contribution is -0.152. The summed E-state index contributed by atoms with van der Waals surface area (Å²) in [6, 6.07) is 0. The normalized spacial score (nSPS) is 24.5. The summed E-state index contributed by atoms with van der Waals surface area (Å²) in [5.74, 6) is -1.86. The summed E-state index contributed by atoms with van der Waals surface area (Å²) in [5.41, 5.74) is 2.11. The maximum atomic E-state index is 12.8. The maximum Gasteiger partial charge on any atom is 0.316 e. The summed E-state index contributed by atoms with van der Waals surface area (Å²) in [7, 11) is 0. The first-order chi connectivity index (χ1) is 14.5. The third-order valence-corrected chi connectivity index (χ3v) is 5.64. The van der Waals surface area contributed by atoms with Crippen LogP contribution in [0.3, 0.4) is 0 Å². The minimum absolute atomic E-state index is 0.0894. The number of rotatable bonds is 9. The monoisotopic (exact) mass is 415 g/mol. The summed E-state index contributed by atoms with van der Waals surface area (Å²) in [6.45, 7) is 9.43. The van der Waals surface area contributed by atoms with Crippen LogP contribution in [-0.2, 0) is 43.2 Å². The SMILES string of the molecule is C\C=C/C=c1/c(CC2(OCC)CO2)c2n(/c1=C\CCC)CC(=O)C(C(=O)OCC)C2. The van der Waals surface area contributed by atoms with Gasteiger partial charge in [-0.2, -0.15) is 0 Å². The number of ether oxygens (including phenoxy) is 3. The van der Waals surface area contributed by atoms with E-state index < -0.39 is 17.7 Å². The number of fused-ring (bicyclic) bond motifs is 1. The van der Waals surface area contributed by atoms with Crippen LogP contribution < -0.4 is 10.6 Å². The zero-order valence-corrected chi connectivity index (χ0v) is 18.5. The second-order valence-electron chi connectivity index (χ2n) is 7.78. The van der Waals surface area contributed by atoms with Gasteiger partial charge in [0.05, 0.1) is 13.2 Å². The third kappa shape index (κ3) is 4.60. The van der Waals surface area contributed by atoms with E-state index in [9.17, 15) is 9.59 Å². The lowest BCUT2D eigenvalue weighted by Crippen LogP contribution is -2.40. The van der Waals surface area contributed by atoms with Crippen molar-refractivity contribution in [3.05, 3.63) is 34.0 Å². The van der Waals surface area contributed by atoms with Gasteiger partial charge in [-0.25, -0.2) is 0 Å². The highest BCUT2D eigenvalue weighted by atomic mass is 16.8. The Bertz CT molecular complexity index is 936. The number of carbonyl (C=O) groups is 2. The maximum absolute atomic E-state index is 12.8. The van der Waals surface area contributed by atoms with Crippen molar-refractivity contribution in [2.75, 3.05) is 19.8 Å². The summed E-state index contributed by atoms with van der Waals surface area (Å²) in [4.78, 5) is 25.3. The van der Waals surface area contributed by atoms with Crippen LogP contribution in [0, 0.1) is 5.92 Å². The molecule has 2 aliphatic rings. The average molecular weight is 416 g/mol. The number of esters is 1. The molecule has 0 aliphatic carbocycles. The van der Waals surface area contributed by atoms with E-state index in [2.05, 4.69) is 23.6 Å². The third-order valence-electron chi connectivity index (χ3n) is 5.64. The zero-order valence-electron chi connectivity index (χ0n) is 18.5. The molecule has 1 aromatic rings. The van der Waals surface area contributed by atoms with Crippen LogP contribution in [-0.4, -0.2) is 41.9 Å². The van der Waals surface area contributed by atoms with Crippen LogP contribution in [0.25, 0.3) is 12.2 Å². The smallest absolute Gasteiger partial charge is 0.316 e. The number of aromatic nitrogens is 1. The van der Waals surface area contributed by atoms with E-state index >= 15 is 0 Å². The molecule has 0 saturated carbocycles. The van der Waals surface area contributed by atoms with Gasteiger partial charge in [0.1, 0.15) is 12.5 Å². The fourth-order valence-electron chi connectivity index (χ4n) is 4.13. The van der Waals surface area contributed by atoms with Gasteiger partial charge < -0.3 is 18.8 Å². The summed E-state index contributed by atoms with van der Waals surface area (Å²) >= 11 is 0. The molecule has 6 heteroatoms. The van der Waals surface area contributed by atoms with Gasteiger partial charge in [0.2, 0.25) is 0 Å². The van der Waals surface area contributed by atoms with E-state index in [1.165, 1.54) is 0 Å². The van der Waals surface area contributed by atoms with Crippen molar-refractivity contribution in [1.82, 2.24) is 4.57 Å². The number of unbranched alkanes of at least 4 members (excludes halogenated alkanes) is 1. The summed E-state index contributed by atoms with van der Waals surface area (Å²) < 4.78 is 18.8. The molecule has 1 fully saturated rings. The second-order valence-corrected chi connectivity index (χ2v) is 7.78. The van der Waals surface area contributed by atoms with Crippen molar-refractivity contribution in [2.24, 2.45) is 5.92 Å². The number of nitrogens with zero attached hydrogens (tertiary/aromatic N) is 1. The quantitative estimate of drug-likeness (QED) is 0.351. The van der Waals surface area contributed by atoms with Gasteiger partial charge in [-0.3, -0.25) is 9.59 Å². The largest absolute Gasteiger partial charge is 0.465 e. The highest BCUT2D eigenvalue weighted by Gasteiger charge is 2.47. The first kappa shape index (κ1) is 22.5. The average Bonchev–Trinajstić information content (AvgIpc) is 3.42. The first-order valence-corrected chi connectivity index (χ1v) is 11.0. The predicted octanol–water partition coefficient (Wildman–Crippen LogP) is 2.04. The number of allylic oxidation sites excluding steroid dienone is 2. The lowest BCUT2D eigenvalue weighted by Gasteiger charge is -2.24. The second kappa shape index (κ2) is 9.75. The summed E-state index contributed by atoms with van der Waals surface area (Å²) in [5, 5.41) is 2.13. The number of epoxide rings is 1. The molecular formula is C24H33NO5. The molecule has 0 N–H and O–H groups in total.